The highest BCUT2D eigenvalue weighted by Gasteiger charge is 2.19. The number of piperidine rings is 1. The molecule has 1 atom stereocenters. The van der Waals surface area contributed by atoms with E-state index in [9.17, 15) is 5.11 Å². The Balaban J connectivity index is 1.69. The number of nitrogens with zero attached hydrogens (tertiary/aromatic N) is 3. The van der Waals surface area contributed by atoms with Crippen LogP contribution in [0.5, 0.6) is 0 Å². The van der Waals surface area contributed by atoms with Gasteiger partial charge < -0.3 is 9.63 Å². The van der Waals surface area contributed by atoms with E-state index in [1.165, 1.54) is 5.56 Å². The summed E-state index contributed by atoms with van der Waals surface area (Å²) in [5.74, 6) is 1.23. The Labute approximate surface area is 118 Å². The monoisotopic (exact) mass is 273 g/mol. The highest BCUT2D eigenvalue weighted by Crippen LogP contribution is 2.19. The lowest BCUT2D eigenvalue weighted by atomic mass is 10.1. The van der Waals surface area contributed by atoms with E-state index < -0.39 is 0 Å². The second-order valence-electron chi connectivity index (χ2n) is 5.41. The van der Waals surface area contributed by atoms with Gasteiger partial charge in [0.05, 0.1) is 12.6 Å². The van der Waals surface area contributed by atoms with Crippen molar-refractivity contribution < 1.29 is 9.63 Å². The van der Waals surface area contributed by atoms with Gasteiger partial charge in [-0.1, -0.05) is 22.9 Å². The van der Waals surface area contributed by atoms with E-state index >= 15 is 0 Å². The smallest absolute Gasteiger partial charge is 0.257 e. The van der Waals surface area contributed by atoms with Crippen LogP contribution in [0.1, 0.15) is 24.2 Å². The maximum Gasteiger partial charge on any atom is 0.257 e. The number of aromatic nitrogens is 2. The SMILES string of the molecule is Cc1ccc(-c2nc(CN3CCCC(O)C3)no2)cc1. The van der Waals surface area contributed by atoms with Crippen molar-refractivity contribution in [3.8, 4) is 11.5 Å². The molecule has 1 unspecified atom stereocenters. The highest BCUT2D eigenvalue weighted by atomic mass is 16.5. The Kier molecular flexibility index (Phi) is 3.80. The summed E-state index contributed by atoms with van der Waals surface area (Å²) in [4.78, 5) is 6.59. The van der Waals surface area contributed by atoms with Crippen LogP contribution < -0.4 is 0 Å². The van der Waals surface area contributed by atoms with Gasteiger partial charge in [0.25, 0.3) is 5.89 Å². The first-order chi connectivity index (χ1) is 9.70. The summed E-state index contributed by atoms with van der Waals surface area (Å²) >= 11 is 0. The largest absolute Gasteiger partial charge is 0.392 e. The maximum atomic E-state index is 9.66. The average molecular weight is 273 g/mol. The van der Waals surface area contributed by atoms with E-state index in [0.29, 0.717) is 24.8 Å². The van der Waals surface area contributed by atoms with Crippen molar-refractivity contribution in [2.75, 3.05) is 13.1 Å². The molecule has 1 aliphatic heterocycles. The van der Waals surface area contributed by atoms with Crippen LogP contribution >= 0.6 is 0 Å². The van der Waals surface area contributed by atoms with Crippen LogP contribution in [0.25, 0.3) is 11.5 Å². The van der Waals surface area contributed by atoms with Gasteiger partial charge in [-0.3, -0.25) is 4.90 Å². The number of benzene rings is 1. The van der Waals surface area contributed by atoms with Crippen LogP contribution in [0.2, 0.25) is 0 Å². The predicted molar refractivity (Wildman–Crippen MR) is 75.0 cm³/mol. The van der Waals surface area contributed by atoms with E-state index in [1.54, 1.807) is 0 Å². The fourth-order valence-corrected chi connectivity index (χ4v) is 2.51. The van der Waals surface area contributed by atoms with Gasteiger partial charge in [0.1, 0.15) is 0 Å². The van der Waals surface area contributed by atoms with Crippen LogP contribution in [-0.4, -0.2) is 39.3 Å². The number of β-amino-alcohol motifs (C(OH)–C–C–N with tert-alkyl or cyclic N) is 1. The average Bonchev–Trinajstić information content (AvgIpc) is 2.88. The van der Waals surface area contributed by atoms with Gasteiger partial charge in [0.15, 0.2) is 5.82 Å². The standard InChI is InChI=1S/C15H19N3O2/c1-11-4-6-12(7-5-11)15-16-14(17-20-15)10-18-8-2-3-13(19)9-18/h4-7,13,19H,2-3,8-10H2,1H3. The quantitative estimate of drug-likeness (QED) is 0.926. The van der Waals surface area contributed by atoms with E-state index in [2.05, 4.69) is 15.0 Å². The van der Waals surface area contributed by atoms with Crippen LogP contribution in [-0.2, 0) is 6.54 Å². The topological polar surface area (TPSA) is 62.4 Å². The first-order valence-electron chi connectivity index (χ1n) is 7.01. The van der Waals surface area contributed by atoms with E-state index in [4.69, 9.17) is 4.52 Å². The van der Waals surface area contributed by atoms with Crippen LogP contribution in [0.4, 0.5) is 0 Å². The van der Waals surface area contributed by atoms with Gasteiger partial charge in [-0.15, -0.1) is 0 Å². The van der Waals surface area contributed by atoms with E-state index in [0.717, 1.165) is 24.9 Å². The van der Waals surface area contributed by atoms with Crippen molar-refractivity contribution in [2.45, 2.75) is 32.4 Å². The highest BCUT2D eigenvalue weighted by molar-refractivity contribution is 5.53. The normalized spacial score (nSPS) is 20.2. The summed E-state index contributed by atoms with van der Waals surface area (Å²) in [6, 6.07) is 8.02. The first-order valence-corrected chi connectivity index (χ1v) is 7.01. The molecule has 1 fully saturated rings. The molecule has 0 amide bonds. The van der Waals surface area contributed by atoms with Crippen LogP contribution in [0.15, 0.2) is 28.8 Å². The number of rotatable bonds is 3. The Morgan fingerprint density at radius 1 is 1.35 bits per heavy atom. The third kappa shape index (κ3) is 3.05. The van der Waals surface area contributed by atoms with Gasteiger partial charge in [-0.25, -0.2) is 0 Å². The molecule has 2 heterocycles. The zero-order chi connectivity index (χ0) is 13.9. The van der Waals surface area contributed by atoms with E-state index in [-0.39, 0.29) is 6.10 Å². The minimum Gasteiger partial charge on any atom is -0.392 e. The van der Waals surface area contributed by atoms with Gasteiger partial charge in [0, 0.05) is 12.1 Å². The summed E-state index contributed by atoms with van der Waals surface area (Å²) in [5.41, 5.74) is 2.14. The molecule has 2 aromatic rings. The fraction of sp³-hybridized carbons (Fsp3) is 0.467. The summed E-state index contributed by atoms with van der Waals surface area (Å²) < 4.78 is 5.31. The first kappa shape index (κ1) is 13.3. The van der Waals surface area contributed by atoms with Gasteiger partial charge in [-0.2, -0.15) is 4.98 Å². The molecule has 1 aromatic heterocycles. The molecule has 5 nitrogen and oxygen atoms in total. The molecule has 0 spiro atoms. The molecule has 1 saturated heterocycles. The summed E-state index contributed by atoms with van der Waals surface area (Å²) in [5, 5.41) is 13.7. The Hall–Kier alpha value is -1.72. The molecule has 0 radical (unpaired) electrons. The molecule has 0 bridgehead atoms. The molecule has 0 aliphatic carbocycles. The van der Waals surface area contributed by atoms with Crippen molar-refractivity contribution >= 4 is 0 Å². The summed E-state index contributed by atoms with van der Waals surface area (Å²) in [6.45, 7) is 4.34. The van der Waals surface area contributed by atoms with E-state index in [1.807, 2.05) is 31.2 Å². The predicted octanol–water partition coefficient (Wildman–Crippen LogP) is 2.00. The second kappa shape index (κ2) is 5.73. The lowest BCUT2D eigenvalue weighted by Gasteiger charge is -2.28. The minimum absolute atomic E-state index is 0.229. The molecule has 3 rings (SSSR count). The van der Waals surface area contributed by atoms with Gasteiger partial charge in [0.2, 0.25) is 0 Å². The third-order valence-corrected chi connectivity index (χ3v) is 3.61. The van der Waals surface area contributed by atoms with Crippen molar-refractivity contribution in [3.63, 3.8) is 0 Å². The molecule has 1 aromatic carbocycles. The molecule has 1 aliphatic rings. The third-order valence-electron chi connectivity index (χ3n) is 3.61. The molecule has 0 saturated carbocycles. The molecule has 20 heavy (non-hydrogen) atoms. The molecular weight excluding hydrogens is 254 g/mol. The number of aryl methyl sites for hydroxylation is 1. The summed E-state index contributed by atoms with van der Waals surface area (Å²) in [6.07, 6.45) is 1.67. The Bertz CT molecular complexity index is 565. The zero-order valence-electron chi connectivity index (χ0n) is 11.6. The zero-order valence-corrected chi connectivity index (χ0v) is 11.6. The molecule has 1 N–H and O–H groups in total. The van der Waals surface area contributed by atoms with Crippen molar-refractivity contribution in [3.05, 3.63) is 35.7 Å². The van der Waals surface area contributed by atoms with Crippen molar-refractivity contribution in [1.29, 1.82) is 0 Å². The number of aliphatic hydroxyl groups excluding tert-OH is 1. The number of likely N-dealkylation sites (tertiary alicyclic amines) is 1. The Morgan fingerprint density at radius 2 is 2.15 bits per heavy atom. The van der Waals surface area contributed by atoms with Crippen LogP contribution in [0.3, 0.4) is 0 Å². The van der Waals surface area contributed by atoms with Crippen LogP contribution in [0, 0.1) is 6.92 Å². The second-order valence-corrected chi connectivity index (χ2v) is 5.41. The van der Waals surface area contributed by atoms with Crippen molar-refractivity contribution in [2.24, 2.45) is 0 Å². The summed E-state index contributed by atoms with van der Waals surface area (Å²) in [7, 11) is 0. The van der Waals surface area contributed by atoms with Gasteiger partial charge in [-0.05, 0) is 38.4 Å². The Morgan fingerprint density at radius 3 is 2.90 bits per heavy atom. The number of hydrogen-bond acceptors (Lipinski definition) is 5. The number of hydrogen-bond donors (Lipinski definition) is 1. The molecular formula is C15H19N3O2. The lowest BCUT2D eigenvalue weighted by molar-refractivity contribution is 0.0651. The minimum atomic E-state index is -0.229. The molecule has 5 heteroatoms. The molecule has 106 valence electrons. The van der Waals surface area contributed by atoms with Crippen molar-refractivity contribution in [1.82, 2.24) is 15.0 Å². The number of aliphatic hydroxyl groups is 1. The fourth-order valence-electron chi connectivity index (χ4n) is 2.51. The maximum absolute atomic E-state index is 9.66. The van der Waals surface area contributed by atoms with Gasteiger partial charge >= 0.3 is 0 Å². The lowest BCUT2D eigenvalue weighted by Crippen LogP contribution is -2.37.